The van der Waals surface area contributed by atoms with Gasteiger partial charge in [0.1, 0.15) is 0 Å². The summed E-state index contributed by atoms with van der Waals surface area (Å²) in [5.74, 6) is 0. The second kappa shape index (κ2) is 8.43. The van der Waals surface area contributed by atoms with Crippen LogP contribution in [0.3, 0.4) is 0 Å². The highest BCUT2D eigenvalue weighted by molar-refractivity contribution is 5.98. The Bertz CT molecular complexity index is 1470. The number of benzene rings is 3. The number of hydrogen-bond acceptors (Lipinski definition) is 3. The topological polar surface area (TPSA) is 87.0 Å². The van der Waals surface area contributed by atoms with Gasteiger partial charge in [-0.05, 0) is 35.2 Å². The molecule has 6 heteroatoms. The summed E-state index contributed by atoms with van der Waals surface area (Å²) in [6, 6.07) is 25.0. The maximum atomic E-state index is 12.8. The second-order valence-electron chi connectivity index (χ2n) is 7.56. The molecule has 32 heavy (non-hydrogen) atoms. The van der Waals surface area contributed by atoms with Gasteiger partial charge in [-0.1, -0.05) is 54.6 Å². The van der Waals surface area contributed by atoms with Gasteiger partial charge in [0.15, 0.2) is 0 Å². The summed E-state index contributed by atoms with van der Waals surface area (Å²) >= 11 is 0. The second-order valence-corrected chi connectivity index (χ2v) is 7.56. The number of para-hydroxylation sites is 1. The van der Waals surface area contributed by atoms with Crippen LogP contribution in [-0.2, 0) is 11.2 Å². The quantitative estimate of drug-likeness (QED) is 0.350. The predicted octanol–water partition coefficient (Wildman–Crippen LogP) is 5.47. The third-order valence-electron chi connectivity index (χ3n) is 5.44. The van der Waals surface area contributed by atoms with Crippen LogP contribution in [0.15, 0.2) is 89.9 Å². The van der Waals surface area contributed by atoms with E-state index in [-0.39, 0.29) is 12.2 Å². The summed E-state index contributed by atoms with van der Waals surface area (Å²) in [5.41, 5.74) is 4.54. The molecule has 2 aromatic heterocycles. The third-order valence-corrected chi connectivity index (χ3v) is 5.44. The summed E-state index contributed by atoms with van der Waals surface area (Å²) < 4.78 is 5.27. The Morgan fingerprint density at radius 2 is 1.69 bits per heavy atom. The molecule has 0 fully saturated rings. The van der Waals surface area contributed by atoms with Crippen LogP contribution in [0.25, 0.3) is 32.9 Å². The number of pyridine rings is 1. The summed E-state index contributed by atoms with van der Waals surface area (Å²) in [4.78, 5) is 31.1. The first-order valence-electron chi connectivity index (χ1n) is 10.4. The van der Waals surface area contributed by atoms with Crippen molar-refractivity contribution in [1.82, 2.24) is 9.97 Å². The number of nitrogens with one attached hydrogen (secondary N) is 3. The van der Waals surface area contributed by atoms with Crippen LogP contribution in [-0.4, -0.2) is 22.7 Å². The Morgan fingerprint density at radius 1 is 0.875 bits per heavy atom. The molecule has 6 nitrogen and oxygen atoms in total. The lowest BCUT2D eigenvalue weighted by Gasteiger charge is -2.09. The zero-order valence-electron chi connectivity index (χ0n) is 17.2. The maximum Gasteiger partial charge on any atom is 0.411 e. The number of aromatic amines is 2. The minimum Gasteiger partial charge on any atom is -0.449 e. The van der Waals surface area contributed by atoms with Gasteiger partial charge in [0.25, 0.3) is 5.56 Å². The fraction of sp³-hybridized carbons (Fsp3) is 0.0769. The van der Waals surface area contributed by atoms with E-state index in [4.69, 9.17) is 4.74 Å². The molecule has 2 heterocycles. The lowest BCUT2D eigenvalue weighted by Crippen LogP contribution is -2.15. The molecule has 5 rings (SSSR count). The molecule has 0 aliphatic rings. The maximum absolute atomic E-state index is 12.8. The van der Waals surface area contributed by atoms with Crippen molar-refractivity contribution in [1.29, 1.82) is 0 Å². The average Bonchev–Trinajstić information content (AvgIpc) is 3.23. The first kappa shape index (κ1) is 19.6. The minimum absolute atomic E-state index is 0.190. The number of ether oxygens (including phenoxy) is 1. The van der Waals surface area contributed by atoms with Crippen LogP contribution in [0.1, 0.15) is 5.56 Å². The van der Waals surface area contributed by atoms with Crippen LogP contribution < -0.4 is 10.9 Å². The van der Waals surface area contributed by atoms with E-state index in [1.54, 1.807) is 12.1 Å². The largest absolute Gasteiger partial charge is 0.449 e. The monoisotopic (exact) mass is 423 g/mol. The van der Waals surface area contributed by atoms with Crippen LogP contribution in [0, 0.1) is 0 Å². The van der Waals surface area contributed by atoms with Crippen LogP contribution in [0.4, 0.5) is 10.5 Å². The SMILES string of the molecule is O=C(Nc1ccc2cc(-c3c[nH]c4ccccc34)c(=O)[nH]c2c1)OCCc1ccccc1. The van der Waals surface area contributed by atoms with Gasteiger partial charge in [0.2, 0.25) is 0 Å². The first-order valence-corrected chi connectivity index (χ1v) is 10.4. The normalized spacial score (nSPS) is 11.0. The van der Waals surface area contributed by atoms with Gasteiger partial charge in [-0.3, -0.25) is 10.1 Å². The number of fused-ring (bicyclic) bond motifs is 2. The van der Waals surface area contributed by atoms with Gasteiger partial charge in [-0.25, -0.2) is 4.79 Å². The number of amides is 1. The number of carbonyl (C=O) groups excluding carboxylic acids is 1. The molecule has 0 radical (unpaired) electrons. The molecular formula is C26H21N3O3. The molecule has 0 aliphatic carbocycles. The van der Waals surface area contributed by atoms with E-state index in [1.807, 2.05) is 72.9 Å². The summed E-state index contributed by atoms with van der Waals surface area (Å²) in [6.45, 7) is 0.286. The van der Waals surface area contributed by atoms with Gasteiger partial charge >= 0.3 is 6.09 Å². The Hall–Kier alpha value is -4.32. The molecule has 3 N–H and O–H groups in total. The summed E-state index contributed by atoms with van der Waals surface area (Å²) in [6.07, 6.45) is 1.97. The van der Waals surface area contributed by atoms with Crippen LogP contribution >= 0.6 is 0 Å². The van der Waals surface area contributed by atoms with E-state index in [0.717, 1.165) is 27.4 Å². The number of anilines is 1. The zero-order valence-corrected chi connectivity index (χ0v) is 17.2. The highest BCUT2D eigenvalue weighted by Crippen LogP contribution is 2.28. The van der Waals surface area contributed by atoms with Gasteiger partial charge in [0.05, 0.1) is 12.1 Å². The van der Waals surface area contributed by atoms with E-state index in [2.05, 4.69) is 15.3 Å². The van der Waals surface area contributed by atoms with Crippen LogP contribution in [0.5, 0.6) is 0 Å². The van der Waals surface area contributed by atoms with E-state index in [9.17, 15) is 9.59 Å². The van der Waals surface area contributed by atoms with Crippen LogP contribution in [0.2, 0.25) is 0 Å². The van der Waals surface area contributed by atoms with Crippen molar-refractivity contribution in [2.75, 3.05) is 11.9 Å². The Labute approximate surface area is 183 Å². The Balaban J connectivity index is 1.33. The van der Waals surface area contributed by atoms with Gasteiger partial charge < -0.3 is 14.7 Å². The van der Waals surface area contributed by atoms with Crippen molar-refractivity contribution in [2.45, 2.75) is 6.42 Å². The van der Waals surface area contributed by atoms with Crippen molar-refractivity contribution >= 4 is 33.6 Å². The highest BCUT2D eigenvalue weighted by atomic mass is 16.5. The molecular weight excluding hydrogens is 402 g/mol. The Morgan fingerprint density at radius 3 is 2.56 bits per heavy atom. The first-order chi connectivity index (χ1) is 15.7. The standard InChI is InChI=1S/C26H21N3O3/c30-25-21(22-16-27-23-9-5-4-8-20(22)23)14-18-10-11-19(15-24(18)29-25)28-26(31)32-13-12-17-6-2-1-3-7-17/h1-11,14-16,27H,12-13H2,(H,28,31)(H,29,30). The Kier molecular flexibility index (Phi) is 5.17. The molecule has 5 aromatic rings. The van der Waals surface area contributed by atoms with Crippen molar-refractivity contribution in [2.24, 2.45) is 0 Å². The molecule has 1 amide bonds. The van der Waals surface area contributed by atoms with E-state index in [1.165, 1.54) is 0 Å². The zero-order chi connectivity index (χ0) is 21.9. The lowest BCUT2D eigenvalue weighted by molar-refractivity contribution is 0.163. The fourth-order valence-electron chi connectivity index (χ4n) is 3.83. The number of hydrogen-bond donors (Lipinski definition) is 3. The van der Waals surface area contributed by atoms with Crippen molar-refractivity contribution in [3.63, 3.8) is 0 Å². The molecule has 158 valence electrons. The smallest absolute Gasteiger partial charge is 0.411 e. The summed E-state index contributed by atoms with van der Waals surface area (Å²) in [5, 5.41) is 4.58. The van der Waals surface area contributed by atoms with E-state index in [0.29, 0.717) is 23.2 Å². The number of rotatable bonds is 5. The van der Waals surface area contributed by atoms with Gasteiger partial charge in [0, 0.05) is 40.3 Å². The minimum atomic E-state index is -0.530. The van der Waals surface area contributed by atoms with E-state index < -0.39 is 6.09 Å². The molecule has 0 bridgehead atoms. The predicted molar refractivity (Wildman–Crippen MR) is 127 cm³/mol. The molecule has 0 unspecified atom stereocenters. The average molecular weight is 423 g/mol. The number of H-pyrrole nitrogens is 2. The van der Waals surface area contributed by atoms with E-state index >= 15 is 0 Å². The number of carbonyl (C=O) groups is 1. The molecule has 0 saturated carbocycles. The van der Waals surface area contributed by atoms with Crippen molar-refractivity contribution < 1.29 is 9.53 Å². The third kappa shape index (κ3) is 3.98. The lowest BCUT2D eigenvalue weighted by atomic mass is 10.0. The van der Waals surface area contributed by atoms with Crippen molar-refractivity contribution in [3.8, 4) is 11.1 Å². The fourth-order valence-corrected chi connectivity index (χ4v) is 3.83. The summed E-state index contributed by atoms with van der Waals surface area (Å²) in [7, 11) is 0. The molecule has 0 spiro atoms. The van der Waals surface area contributed by atoms with Crippen molar-refractivity contribution in [3.05, 3.63) is 101 Å². The molecule has 3 aromatic carbocycles. The van der Waals surface area contributed by atoms with Gasteiger partial charge in [-0.2, -0.15) is 0 Å². The molecule has 0 saturated heterocycles. The number of aromatic nitrogens is 2. The van der Waals surface area contributed by atoms with Gasteiger partial charge in [-0.15, -0.1) is 0 Å². The highest BCUT2D eigenvalue weighted by Gasteiger charge is 2.11. The molecule has 0 atom stereocenters. The molecule has 0 aliphatic heterocycles.